The van der Waals surface area contributed by atoms with E-state index in [2.05, 4.69) is 19.8 Å². The average Bonchev–Trinajstić information content (AvgIpc) is 2.81. The largest absolute Gasteiger partial charge is 0.493 e. The molecule has 0 saturated carbocycles. The van der Waals surface area contributed by atoms with Gasteiger partial charge in [0.1, 0.15) is 5.15 Å². The summed E-state index contributed by atoms with van der Waals surface area (Å²) in [5.74, 6) is 0.776. The molecule has 10 heteroatoms. The third kappa shape index (κ3) is 3.13. The predicted molar refractivity (Wildman–Crippen MR) is 91.4 cm³/mol. The van der Waals surface area contributed by atoms with Crippen LogP contribution in [0.25, 0.3) is 16.7 Å². The number of aromatic nitrogens is 4. The van der Waals surface area contributed by atoms with E-state index < -0.39 is 10.0 Å². The van der Waals surface area contributed by atoms with Gasteiger partial charge in [0.2, 0.25) is 10.0 Å². The van der Waals surface area contributed by atoms with Gasteiger partial charge >= 0.3 is 0 Å². The molecule has 3 aromatic heterocycles. The number of aryl methyl sites for hydroxylation is 1. The number of fused-ring (bicyclic) bond motifs is 1. The second-order valence-electron chi connectivity index (χ2n) is 5.15. The number of methoxy groups -OCH3 is 1. The molecule has 0 atom stereocenters. The minimum Gasteiger partial charge on any atom is -0.493 e. The van der Waals surface area contributed by atoms with Gasteiger partial charge in [-0.1, -0.05) is 11.6 Å². The van der Waals surface area contributed by atoms with Gasteiger partial charge in [-0.15, -0.1) is 0 Å². The number of ether oxygens (including phenoxy) is 1. The number of hydrogen-bond donors (Lipinski definition) is 1. The van der Waals surface area contributed by atoms with E-state index in [0.29, 0.717) is 22.4 Å². The van der Waals surface area contributed by atoms with Gasteiger partial charge in [0.05, 0.1) is 36.5 Å². The van der Waals surface area contributed by atoms with Crippen molar-refractivity contribution < 1.29 is 13.2 Å². The van der Waals surface area contributed by atoms with E-state index in [4.69, 9.17) is 16.3 Å². The number of hydrogen-bond acceptors (Lipinski definition) is 6. The molecule has 0 aliphatic rings. The molecule has 3 rings (SSSR count). The molecular weight excluding hydrogens is 354 g/mol. The predicted octanol–water partition coefficient (Wildman–Crippen LogP) is 2.16. The first-order valence-corrected chi connectivity index (χ1v) is 9.08. The third-order valence-corrected chi connectivity index (χ3v) is 4.09. The highest BCUT2D eigenvalue weighted by molar-refractivity contribution is 7.92. The SMILES string of the molecule is COc1cc(NS(C)(=O)=O)cnc1-n1nc(C)c2cnc(Cl)cc21. The molecule has 3 aromatic rings. The Kier molecular flexibility index (Phi) is 4.06. The molecule has 126 valence electrons. The molecule has 24 heavy (non-hydrogen) atoms. The zero-order valence-corrected chi connectivity index (χ0v) is 14.7. The molecular formula is C14H14ClN5O3S. The smallest absolute Gasteiger partial charge is 0.229 e. The molecule has 8 nitrogen and oxygen atoms in total. The summed E-state index contributed by atoms with van der Waals surface area (Å²) in [6.07, 6.45) is 4.10. The summed E-state index contributed by atoms with van der Waals surface area (Å²) in [5, 5.41) is 5.62. The van der Waals surface area contributed by atoms with Crippen molar-refractivity contribution in [2.45, 2.75) is 6.92 Å². The van der Waals surface area contributed by atoms with Gasteiger partial charge in [0.15, 0.2) is 11.6 Å². The summed E-state index contributed by atoms with van der Waals surface area (Å²) in [7, 11) is -1.94. The van der Waals surface area contributed by atoms with Gasteiger partial charge in [-0.25, -0.2) is 23.1 Å². The lowest BCUT2D eigenvalue weighted by Crippen LogP contribution is -2.11. The van der Waals surface area contributed by atoms with E-state index in [9.17, 15) is 8.42 Å². The van der Waals surface area contributed by atoms with Crippen molar-refractivity contribution in [1.82, 2.24) is 19.7 Å². The Morgan fingerprint density at radius 3 is 2.67 bits per heavy atom. The summed E-state index contributed by atoms with van der Waals surface area (Å²) in [6.45, 7) is 1.85. The number of rotatable bonds is 4. The number of halogens is 1. The van der Waals surface area contributed by atoms with Crippen molar-refractivity contribution >= 4 is 38.2 Å². The van der Waals surface area contributed by atoms with Crippen molar-refractivity contribution in [2.75, 3.05) is 18.1 Å². The molecule has 0 amide bonds. The third-order valence-electron chi connectivity index (χ3n) is 3.27. The van der Waals surface area contributed by atoms with Crippen molar-refractivity contribution in [3.05, 3.63) is 35.4 Å². The van der Waals surface area contributed by atoms with Gasteiger partial charge in [-0.3, -0.25) is 4.72 Å². The standard InChI is InChI=1S/C14H14ClN5O3S/c1-8-10-7-16-13(15)5-11(10)20(18-8)14-12(23-2)4-9(6-17-14)19-24(3,21)22/h4-7,19H,1-3H3. The summed E-state index contributed by atoms with van der Waals surface area (Å²) in [6, 6.07) is 3.22. The lowest BCUT2D eigenvalue weighted by atomic mass is 10.3. The summed E-state index contributed by atoms with van der Waals surface area (Å²) in [4.78, 5) is 8.34. The summed E-state index contributed by atoms with van der Waals surface area (Å²) in [5.41, 5.74) is 1.78. The van der Waals surface area contributed by atoms with Crippen molar-refractivity contribution in [2.24, 2.45) is 0 Å². The maximum atomic E-state index is 11.4. The topological polar surface area (TPSA) is 99.0 Å². The van der Waals surface area contributed by atoms with Gasteiger partial charge in [-0.05, 0) is 6.92 Å². The first-order valence-electron chi connectivity index (χ1n) is 6.81. The first kappa shape index (κ1) is 16.5. The molecule has 0 bridgehead atoms. The minimum absolute atomic E-state index is 0.297. The molecule has 0 unspecified atom stereocenters. The maximum Gasteiger partial charge on any atom is 0.229 e. The normalized spacial score (nSPS) is 11.7. The number of nitrogens with one attached hydrogen (secondary N) is 1. The van der Waals surface area contributed by atoms with Gasteiger partial charge < -0.3 is 4.74 Å². The van der Waals surface area contributed by atoms with Crippen LogP contribution in [0.15, 0.2) is 24.5 Å². The van der Waals surface area contributed by atoms with E-state index in [0.717, 1.165) is 22.9 Å². The van der Waals surface area contributed by atoms with E-state index in [-0.39, 0.29) is 0 Å². The van der Waals surface area contributed by atoms with Crippen LogP contribution in [0.3, 0.4) is 0 Å². The number of sulfonamides is 1. The highest BCUT2D eigenvalue weighted by atomic mass is 35.5. The second-order valence-corrected chi connectivity index (χ2v) is 7.28. The Hall–Kier alpha value is -2.39. The fraction of sp³-hybridized carbons (Fsp3) is 0.214. The molecule has 0 fully saturated rings. The maximum absolute atomic E-state index is 11.4. The van der Waals surface area contributed by atoms with E-state index in [1.807, 2.05) is 6.92 Å². The van der Waals surface area contributed by atoms with Gasteiger partial charge in [-0.2, -0.15) is 5.10 Å². The lowest BCUT2D eigenvalue weighted by Gasteiger charge is -2.11. The van der Waals surface area contributed by atoms with Crippen molar-refractivity contribution in [1.29, 1.82) is 0 Å². The quantitative estimate of drug-likeness (QED) is 0.709. The molecule has 0 aliphatic heterocycles. The molecule has 0 aromatic carbocycles. The zero-order valence-electron chi connectivity index (χ0n) is 13.1. The zero-order chi connectivity index (χ0) is 17.5. The molecule has 1 N–H and O–H groups in total. The summed E-state index contributed by atoms with van der Waals surface area (Å²) >= 11 is 5.98. The molecule has 0 radical (unpaired) electrons. The Bertz CT molecular complexity index is 1030. The van der Waals surface area contributed by atoms with Crippen LogP contribution in [-0.2, 0) is 10.0 Å². The Morgan fingerprint density at radius 2 is 2.00 bits per heavy atom. The Labute approximate surface area is 143 Å². The highest BCUT2D eigenvalue weighted by Crippen LogP contribution is 2.29. The van der Waals surface area contributed by atoms with E-state index in [1.54, 1.807) is 16.9 Å². The minimum atomic E-state index is -3.41. The molecule has 0 aliphatic carbocycles. The molecule has 3 heterocycles. The average molecular weight is 368 g/mol. The Balaban J connectivity index is 2.18. The van der Waals surface area contributed by atoms with Crippen LogP contribution in [0.2, 0.25) is 5.15 Å². The summed E-state index contributed by atoms with van der Waals surface area (Å²) < 4.78 is 32.0. The van der Waals surface area contributed by atoms with Crippen molar-refractivity contribution in [3.8, 4) is 11.6 Å². The second kappa shape index (κ2) is 5.91. The van der Waals surface area contributed by atoms with Gasteiger partial charge in [0.25, 0.3) is 0 Å². The van der Waals surface area contributed by atoms with Gasteiger partial charge in [0, 0.05) is 23.7 Å². The van der Waals surface area contributed by atoms with Crippen LogP contribution in [0, 0.1) is 6.92 Å². The molecule has 0 spiro atoms. The van der Waals surface area contributed by atoms with Crippen LogP contribution in [0.1, 0.15) is 5.69 Å². The molecule has 0 saturated heterocycles. The van der Waals surface area contributed by atoms with Crippen LogP contribution < -0.4 is 9.46 Å². The fourth-order valence-electron chi connectivity index (χ4n) is 2.31. The number of nitrogens with zero attached hydrogens (tertiary/aromatic N) is 4. The number of pyridine rings is 2. The van der Waals surface area contributed by atoms with Crippen LogP contribution >= 0.6 is 11.6 Å². The number of anilines is 1. The first-order chi connectivity index (χ1) is 11.3. The van der Waals surface area contributed by atoms with E-state index >= 15 is 0 Å². The van der Waals surface area contributed by atoms with Crippen LogP contribution in [0.5, 0.6) is 5.75 Å². The fourth-order valence-corrected chi connectivity index (χ4v) is 3.00. The van der Waals surface area contributed by atoms with Crippen LogP contribution in [-0.4, -0.2) is 41.5 Å². The van der Waals surface area contributed by atoms with E-state index in [1.165, 1.54) is 19.4 Å². The monoisotopic (exact) mass is 367 g/mol. The highest BCUT2D eigenvalue weighted by Gasteiger charge is 2.16. The lowest BCUT2D eigenvalue weighted by molar-refractivity contribution is 0.410. The van der Waals surface area contributed by atoms with Crippen molar-refractivity contribution in [3.63, 3.8) is 0 Å². The van der Waals surface area contributed by atoms with Crippen LogP contribution in [0.4, 0.5) is 5.69 Å². The Morgan fingerprint density at radius 1 is 1.25 bits per heavy atom.